The van der Waals surface area contributed by atoms with E-state index >= 15 is 0 Å². The van der Waals surface area contributed by atoms with Crippen LogP contribution >= 0.6 is 0 Å². The Kier molecular flexibility index (Phi) is 9.54. The van der Waals surface area contributed by atoms with Crippen LogP contribution in [-0.2, 0) is 33.1 Å². The average Bonchev–Trinajstić information content (AvgIpc) is 2.76. The second-order valence-corrected chi connectivity index (χ2v) is 17.0. The zero-order chi connectivity index (χ0) is 19.8. The zero-order valence-corrected chi connectivity index (χ0v) is 22.2. The van der Waals surface area contributed by atoms with Crippen LogP contribution in [0.4, 0.5) is 0 Å². The van der Waals surface area contributed by atoms with Gasteiger partial charge in [-0.05, 0) is 0 Å². The molecule has 0 bridgehead atoms. The minimum atomic E-state index is -4.27. The van der Waals surface area contributed by atoms with Crippen molar-refractivity contribution < 1.29 is 33.1 Å². The van der Waals surface area contributed by atoms with Crippen LogP contribution in [0.25, 0.3) is 0 Å². The van der Waals surface area contributed by atoms with Crippen molar-refractivity contribution in [1.82, 2.24) is 0 Å². The molecule has 0 amide bonds. The monoisotopic (exact) mass is 576 g/mol. The summed E-state index contributed by atoms with van der Waals surface area (Å²) in [5.41, 5.74) is 0. The molecule has 4 fully saturated rings. The van der Waals surface area contributed by atoms with Crippen LogP contribution in [0.15, 0.2) is 0 Å². The molecule has 4 saturated carbocycles. The summed E-state index contributed by atoms with van der Waals surface area (Å²) in [6, 6.07) is 0. The molecule has 0 N–H and O–H groups in total. The molecular weight excluding hydrogens is 531 g/mol. The molecule has 0 aromatic rings. The fourth-order valence-electron chi connectivity index (χ4n) is 5.72. The second-order valence-electron chi connectivity index (χ2n) is 10.0. The Balaban J connectivity index is 1.51. The first-order chi connectivity index (χ1) is 14.3. The Morgan fingerprint density at radius 1 is 0.310 bits per heavy atom. The summed E-state index contributed by atoms with van der Waals surface area (Å²) in [5, 5.41) is 0. The average molecular weight is 575 g/mol. The van der Waals surface area contributed by atoms with E-state index in [1.807, 2.05) is 0 Å². The molecule has 0 atom stereocenters. The molecule has 0 aromatic carbocycles. The number of rotatable bonds is 8. The standard InChI is InChI=1S/4C6H11O.Hf/c4*7-6-4-2-1-3-5-6;/h4*6H,1-5H2;/q4*-1;+4. The Labute approximate surface area is 185 Å². The molecule has 4 aliphatic carbocycles. The fraction of sp³-hybridized carbons (Fsp3) is 1.00. The molecule has 0 unspecified atom stereocenters. The van der Waals surface area contributed by atoms with Crippen molar-refractivity contribution in [2.75, 3.05) is 0 Å². The van der Waals surface area contributed by atoms with Gasteiger partial charge in [0.1, 0.15) is 0 Å². The molecule has 168 valence electrons. The summed E-state index contributed by atoms with van der Waals surface area (Å²) >= 11 is -4.27. The van der Waals surface area contributed by atoms with Gasteiger partial charge >= 0.3 is 186 Å². The summed E-state index contributed by atoms with van der Waals surface area (Å²) in [5.74, 6) is 0. The van der Waals surface area contributed by atoms with Crippen molar-refractivity contribution in [2.45, 2.75) is 153 Å². The predicted octanol–water partition coefficient (Wildman–Crippen LogP) is 7.20. The van der Waals surface area contributed by atoms with Gasteiger partial charge in [0.15, 0.2) is 0 Å². The van der Waals surface area contributed by atoms with Crippen LogP contribution in [0, 0.1) is 0 Å². The van der Waals surface area contributed by atoms with Crippen molar-refractivity contribution in [3.05, 3.63) is 0 Å². The van der Waals surface area contributed by atoms with Crippen molar-refractivity contribution in [1.29, 1.82) is 0 Å². The summed E-state index contributed by atoms with van der Waals surface area (Å²) in [6.07, 6.45) is 26.2. The molecule has 4 nitrogen and oxygen atoms in total. The molecule has 0 heterocycles. The molecule has 0 aliphatic heterocycles. The van der Waals surface area contributed by atoms with Crippen molar-refractivity contribution in [2.24, 2.45) is 0 Å². The molecule has 4 rings (SSSR count). The zero-order valence-electron chi connectivity index (χ0n) is 18.6. The normalized spacial score (nSPS) is 27.3. The van der Waals surface area contributed by atoms with Crippen molar-refractivity contribution in [3.63, 3.8) is 0 Å². The van der Waals surface area contributed by atoms with E-state index in [4.69, 9.17) is 11.4 Å². The summed E-state index contributed by atoms with van der Waals surface area (Å²) in [4.78, 5) is 0. The molecule has 5 heteroatoms. The van der Waals surface area contributed by atoms with Gasteiger partial charge in [0.05, 0.1) is 0 Å². The van der Waals surface area contributed by atoms with Gasteiger partial charge in [-0.25, -0.2) is 0 Å². The molecule has 0 aromatic heterocycles. The van der Waals surface area contributed by atoms with Gasteiger partial charge in [-0.2, -0.15) is 0 Å². The Hall–Kier alpha value is 0.710. The maximum absolute atomic E-state index is 6.94. The van der Waals surface area contributed by atoms with Crippen LogP contribution in [0.3, 0.4) is 0 Å². The van der Waals surface area contributed by atoms with E-state index in [0.717, 1.165) is 51.4 Å². The van der Waals surface area contributed by atoms with Gasteiger partial charge in [0, 0.05) is 0 Å². The quantitative estimate of drug-likeness (QED) is 0.287. The van der Waals surface area contributed by atoms with E-state index in [1.54, 1.807) is 0 Å². The van der Waals surface area contributed by atoms with Crippen LogP contribution in [0.2, 0.25) is 0 Å². The van der Waals surface area contributed by atoms with Crippen molar-refractivity contribution in [3.8, 4) is 0 Å². The van der Waals surface area contributed by atoms with Gasteiger partial charge in [-0.3, -0.25) is 0 Å². The van der Waals surface area contributed by atoms with Crippen LogP contribution in [-0.4, -0.2) is 24.4 Å². The molecule has 0 spiro atoms. The van der Waals surface area contributed by atoms with E-state index in [-0.39, 0.29) is 0 Å². The third-order valence-corrected chi connectivity index (χ3v) is 16.4. The van der Waals surface area contributed by atoms with Gasteiger partial charge in [0.25, 0.3) is 0 Å². The Morgan fingerprint density at radius 3 is 0.724 bits per heavy atom. The van der Waals surface area contributed by atoms with Crippen LogP contribution < -0.4 is 0 Å². The van der Waals surface area contributed by atoms with Gasteiger partial charge in [-0.1, -0.05) is 0 Å². The van der Waals surface area contributed by atoms with E-state index in [2.05, 4.69) is 0 Å². The number of hydrogen-bond donors (Lipinski definition) is 0. The van der Waals surface area contributed by atoms with E-state index < -0.39 is 21.7 Å². The first-order valence-corrected chi connectivity index (χ1v) is 18.9. The van der Waals surface area contributed by atoms with Crippen molar-refractivity contribution >= 4 is 0 Å². The molecule has 4 aliphatic rings. The Bertz CT molecular complexity index is 364. The summed E-state index contributed by atoms with van der Waals surface area (Å²) in [7, 11) is 0. The maximum atomic E-state index is 6.94. The first-order valence-electron chi connectivity index (χ1n) is 13.0. The summed E-state index contributed by atoms with van der Waals surface area (Å²) in [6.45, 7) is 0. The topological polar surface area (TPSA) is 36.9 Å². The molecule has 29 heavy (non-hydrogen) atoms. The SMILES string of the molecule is C1CCC([O][Hf]([O]C2CCCCC2)([O]C2CCCCC2)[O]C2CCCCC2)CC1. The third-order valence-electron chi connectivity index (χ3n) is 7.45. The number of hydrogen-bond acceptors (Lipinski definition) is 4. The van der Waals surface area contributed by atoms with E-state index in [0.29, 0.717) is 24.4 Å². The predicted molar refractivity (Wildman–Crippen MR) is 112 cm³/mol. The summed E-state index contributed by atoms with van der Waals surface area (Å²) < 4.78 is 27.8. The molecule has 0 radical (unpaired) electrons. The second kappa shape index (κ2) is 12.1. The minimum absolute atomic E-state index is 0.307. The van der Waals surface area contributed by atoms with E-state index in [9.17, 15) is 0 Å². The molecule has 0 saturated heterocycles. The first kappa shape index (κ1) is 22.9. The van der Waals surface area contributed by atoms with Gasteiger partial charge in [0.2, 0.25) is 0 Å². The van der Waals surface area contributed by atoms with Gasteiger partial charge < -0.3 is 0 Å². The van der Waals surface area contributed by atoms with Gasteiger partial charge in [-0.15, -0.1) is 0 Å². The van der Waals surface area contributed by atoms with E-state index in [1.165, 1.54) is 77.0 Å². The third kappa shape index (κ3) is 7.37. The fourth-order valence-corrected chi connectivity index (χ4v) is 16.2. The molecular formula is C24H44HfO4. The Morgan fingerprint density at radius 2 is 0.517 bits per heavy atom. The van der Waals surface area contributed by atoms with Crippen LogP contribution in [0.5, 0.6) is 0 Å². The van der Waals surface area contributed by atoms with Crippen LogP contribution in [0.1, 0.15) is 128 Å².